The lowest BCUT2D eigenvalue weighted by Crippen LogP contribution is -1.77. The van der Waals surface area contributed by atoms with Crippen LogP contribution in [0.15, 0.2) is 21.6 Å². The van der Waals surface area contributed by atoms with Crippen LogP contribution < -0.4 is 0 Å². The van der Waals surface area contributed by atoms with Crippen molar-refractivity contribution in [2.75, 3.05) is 0 Å². The second-order valence-corrected chi connectivity index (χ2v) is 3.44. The van der Waals surface area contributed by atoms with Crippen molar-refractivity contribution in [2.45, 2.75) is 0 Å². The van der Waals surface area contributed by atoms with E-state index < -0.39 is 0 Å². The lowest BCUT2D eigenvalue weighted by Gasteiger charge is -1.95. The van der Waals surface area contributed by atoms with E-state index >= 15 is 0 Å². The van der Waals surface area contributed by atoms with E-state index in [4.69, 9.17) is 32.0 Å². The fourth-order valence-electron chi connectivity index (χ4n) is 1.33. The number of hydrogen-bond acceptors (Lipinski definition) is 4. The summed E-state index contributed by atoms with van der Waals surface area (Å²) in [6, 6.07) is 0. The Bertz CT molecular complexity index is 526. The minimum Gasteiger partial charge on any atom is -0.442 e. The van der Waals surface area contributed by atoms with Crippen molar-refractivity contribution in [2.24, 2.45) is 0 Å². The average Bonchev–Trinajstić information content (AvgIpc) is 2.82. The third kappa shape index (κ3) is 0.844. The first-order chi connectivity index (χ1) is 6.79. The van der Waals surface area contributed by atoms with Crippen molar-refractivity contribution >= 4 is 45.4 Å². The molecule has 0 fully saturated rings. The smallest absolute Gasteiger partial charge is 0.182 e. The van der Waals surface area contributed by atoms with Gasteiger partial charge in [0.2, 0.25) is 0 Å². The van der Waals surface area contributed by atoms with Crippen LogP contribution in [0.1, 0.15) is 0 Å². The van der Waals surface area contributed by atoms with Crippen molar-refractivity contribution in [3.8, 4) is 0 Å². The predicted molar refractivity (Wildman–Crippen MR) is 51.6 cm³/mol. The van der Waals surface area contributed by atoms with Gasteiger partial charge in [0.25, 0.3) is 0 Å². The van der Waals surface area contributed by atoms with Crippen LogP contribution in [0, 0.1) is 0 Å². The molecule has 3 rings (SSSR count). The molecule has 3 aromatic rings. The molecule has 0 aliphatic rings. The molecule has 0 radical (unpaired) electrons. The zero-order valence-corrected chi connectivity index (χ0v) is 8.13. The van der Waals surface area contributed by atoms with Crippen LogP contribution in [0.2, 0.25) is 10.0 Å². The number of halogens is 2. The molecule has 0 aliphatic heterocycles. The van der Waals surface area contributed by atoms with E-state index in [1.165, 1.54) is 12.8 Å². The highest BCUT2D eigenvalue weighted by atomic mass is 35.5. The Morgan fingerprint density at radius 3 is 1.71 bits per heavy atom. The molecule has 0 spiro atoms. The molecule has 70 valence electrons. The number of rotatable bonds is 0. The molecule has 0 aliphatic carbocycles. The fourth-order valence-corrected chi connectivity index (χ4v) is 1.87. The first kappa shape index (κ1) is 8.08. The fraction of sp³-hybridized carbons (Fsp3) is 0. The van der Waals surface area contributed by atoms with Crippen molar-refractivity contribution in [1.29, 1.82) is 0 Å². The molecule has 1 aromatic carbocycles. The summed E-state index contributed by atoms with van der Waals surface area (Å²) in [5.41, 5.74) is 1.83. The second kappa shape index (κ2) is 2.62. The van der Waals surface area contributed by atoms with Gasteiger partial charge in [-0.05, 0) is 0 Å². The molecule has 0 bridgehead atoms. The summed E-state index contributed by atoms with van der Waals surface area (Å²) in [4.78, 5) is 7.88. The number of oxazole rings is 2. The zero-order chi connectivity index (χ0) is 9.71. The molecule has 0 saturated heterocycles. The third-order valence-electron chi connectivity index (χ3n) is 1.95. The second-order valence-electron chi connectivity index (χ2n) is 2.69. The Labute approximate surface area is 87.4 Å². The van der Waals surface area contributed by atoms with E-state index in [1.807, 2.05) is 0 Å². The van der Waals surface area contributed by atoms with E-state index in [-0.39, 0.29) is 0 Å². The maximum Gasteiger partial charge on any atom is 0.182 e. The van der Waals surface area contributed by atoms with Gasteiger partial charge in [-0.3, -0.25) is 0 Å². The highest BCUT2D eigenvalue weighted by Gasteiger charge is 2.18. The Hall–Kier alpha value is -1.26. The third-order valence-corrected chi connectivity index (χ3v) is 2.65. The zero-order valence-electron chi connectivity index (χ0n) is 6.62. The number of benzene rings is 1. The standard InChI is InChI=1S/C8H2Cl2N2O2/c9-3-5-7(13-1-11-5)4(10)6-8(3)14-2-12-6/h1-2H. The molecular weight excluding hydrogens is 227 g/mol. The highest BCUT2D eigenvalue weighted by molar-refractivity contribution is 6.45. The minimum atomic E-state index is 0.366. The van der Waals surface area contributed by atoms with E-state index in [0.717, 1.165) is 0 Å². The van der Waals surface area contributed by atoms with Crippen molar-refractivity contribution in [3.63, 3.8) is 0 Å². The van der Waals surface area contributed by atoms with Crippen LogP contribution in [0.4, 0.5) is 0 Å². The van der Waals surface area contributed by atoms with Gasteiger partial charge in [0.1, 0.15) is 21.1 Å². The van der Waals surface area contributed by atoms with Crippen LogP contribution in [-0.2, 0) is 0 Å². The average molecular weight is 229 g/mol. The quantitative estimate of drug-likeness (QED) is 0.593. The SMILES string of the molecule is Clc1c2ncoc2c(Cl)c2ncoc12. The first-order valence-electron chi connectivity index (χ1n) is 3.72. The van der Waals surface area contributed by atoms with Crippen LogP contribution >= 0.6 is 23.2 Å². The summed E-state index contributed by atoms with van der Waals surface area (Å²) < 4.78 is 10.2. The topological polar surface area (TPSA) is 52.1 Å². The van der Waals surface area contributed by atoms with Gasteiger partial charge in [-0.25, -0.2) is 9.97 Å². The Morgan fingerprint density at radius 2 is 1.29 bits per heavy atom. The van der Waals surface area contributed by atoms with Gasteiger partial charge >= 0.3 is 0 Å². The van der Waals surface area contributed by atoms with Crippen LogP contribution in [-0.4, -0.2) is 9.97 Å². The van der Waals surface area contributed by atoms with E-state index in [9.17, 15) is 0 Å². The molecule has 0 N–H and O–H groups in total. The molecule has 0 saturated carbocycles. The van der Waals surface area contributed by atoms with Crippen molar-refractivity contribution in [3.05, 3.63) is 22.8 Å². The molecule has 6 heteroatoms. The summed E-state index contributed by atoms with van der Waals surface area (Å²) in [5, 5.41) is 0.733. The van der Waals surface area contributed by atoms with Crippen LogP contribution in [0.5, 0.6) is 0 Å². The van der Waals surface area contributed by atoms with Crippen molar-refractivity contribution in [1.82, 2.24) is 9.97 Å². The van der Waals surface area contributed by atoms with Gasteiger partial charge in [-0.1, -0.05) is 23.2 Å². The van der Waals surface area contributed by atoms with Gasteiger partial charge in [0.15, 0.2) is 24.0 Å². The molecule has 14 heavy (non-hydrogen) atoms. The van der Waals surface area contributed by atoms with Gasteiger partial charge in [-0.15, -0.1) is 0 Å². The van der Waals surface area contributed by atoms with E-state index in [1.54, 1.807) is 0 Å². The van der Waals surface area contributed by atoms with Gasteiger partial charge in [-0.2, -0.15) is 0 Å². The molecule has 0 amide bonds. The molecule has 0 unspecified atom stereocenters. The molecule has 2 heterocycles. The number of fused-ring (bicyclic) bond motifs is 2. The van der Waals surface area contributed by atoms with Gasteiger partial charge in [0, 0.05) is 0 Å². The lowest BCUT2D eigenvalue weighted by molar-refractivity contribution is 0.600. The highest BCUT2D eigenvalue weighted by Crippen LogP contribution is 2.37. The normalized spacial score (nSPS) is 11.6. The molecule has 4 nitrogen and oxygen atoms in total. The van der Waals surface area contributed by atoms with E-state index in [0.29, 0.717) is 32.2 Å². The number of nitrogens with zero attached hydrogens (tertiary/aromatic N) is 2. The Balaban J connectivity index is 2.72. The summed E-state index contributed by atoms with van der Waals surface area (Å²) in [7, 11) is 0. The maximum atomic E-state index is 6.01. The predicted octanol–water partition coefficient (Wildman–Crippen LogP) is 3.28. The van der Waals surface area contributed by atoms with E-state index in [2.05, 4.69) is 9.97 Å². The van der Waals surface area contributed by atoms with Crippen LogP contribution in [0.3, 0.4) is 0 Å². The number of hydrogen-bond donors (Lipinski definition) is 0. The monoisotopic (exact) mass is 228 g/mol. The number of aromatic nitrogens is 2. The summed E-state index contributed by atoms with van der Waals surface area (Å²) in [5.74, 6) is 0. The molecule has 0 atom stereocenters. The van der Waals surface area contributed by atoms with Gasteiger partial charge < -0.3 is 8.83 Å². The molecule has 2 aromatic heterocycles. The molecular formula is C8H2Cl2N2O2. The van der Waals surface area contributed by atoms with Crippen molar-refractivity contribution < 1.29 is 8.83 Å². The summed E-state index contributed by atoms with van der Waals surface area (Å²) >= 11 is 12.0. The summed E-state index contributed by atoms with van der Waals surface area (Å²) in [6.07, 6.45) is 2.56. The maximum absolute atomic E-state index is 6.01. The first-order valence-corrected chi connectivity index (χ1v) is 4.48. The Kier molecular flexibility index (Phi) is 1.51. The van der Waals surface area contributed by atoms with Gasteiger partial charge in [0.05, 0.1) is 0 Å². The minimum absolute atomic E-state index is 0.366. The lowest BCUT2D eigenvalue weighted by atomic mass is 10.3. The summed E-state index contributed by atoms with van der Waals surface area (Å²) in [6.45, 7) is 0. The Morgan fingerprint density at radius 1 is 0.857 bits per heavy atom. The van der Waals surface area contributed by atoms with Crippen LogP contribution in [0.25, 0.3) is 22.2 Å². The largest absolute Gasteiger partial charge is 0.442 e.